The SMILES string of the molecule is O=C(O)c1cncc(OCCCN2CCCC2)c1. The zero-order valence-corrected chi connectivity index (χ0v) is 10.3. The van der Waals surface area contributed by atoms with E-state index >= 15 is 0 Å². The maximum absolute atomic E-state index is 10.8. The van der Waals surface area contributed by atoms with E-state index in [2.05, 4.69) is 9.88 Å². The van der Waals surface area contributed by atoms with Crippen LogP contribution in [0.25, 0.3) is 0 Å². The largest absolute Gasteiger partial charge is 0.492 e. The Bertz CT molecular complexity index is 403. The molecule has 0 spiro atoms. The Kier molecular flexibility index (Phi) is 4.52. The third kappa shape index (κ3) is 3.70. The van der Waals surface area contributed by atoms with E-state index in [0.717, 1.165) is 13.0 Å². The van der Waals surface area contributed by atoms with Crippen molar-refractivity contribution in [3.05, 3.63) is 24.0 Å². The summed E-state index contributed by atoms with van der Waals surface area (Å²) in [4.78, 5) is 17.0. The van der Waals surface area contributed by atoms with Crippen LogP contribution in [0, 0.1) is 0 Å². The first kappa shape index (κ1) is 12.8. The smallest absolute Gasteiger partial charge is 0.337 e. The van der Waals surface area contributed by atoms with Gasteiger partial charge < -0.3 is 14.7 Å². The quantitative estimate of drug-likeness (QED) is 0.778. The molecule has 1 N–H and O–H groups in total. The molecule has 0 amide bonds. The van der Waals surface area contributed by atoms with Crippen molar-refractivity contribution in [2.75, 3.05) is 26.2 Å². The van der Waals surface area contributed by atoms with Crippen LogP contribution in [0.5, 0.6) is 5.75 Å². The first-order valence-electron chi connectivity index (χ1n) is 6.29. The van der Waals surface area contributed by atoms with Crippen LogP contribution in [-0.2, 0) is 0 Å². The predicted octanol–water partition coefficient (Wildman–Crippen LogP) is 1.64. The Morgan fingerprint density at radius 3 is 2.89 bits per heavy atom. The van der Waals surface area contributed by atoms with Gasteiger partial charge in [0, 0.05) is 12.7 Å². The lowest BCUT2D eigenvalue weighted by Gasteiger charge is -2.14. The number of aromatic nitrogens is 1. The van der Waals surface area contributed by atoms with Crippen LogP contribution in [0.1, 0.15) is 29.6 Å². The minimum Gasteiger partial charge on any atom is -0.492 e. The second kappa shape index (κ2) is 6.35. The van der Waals surface area contributed by atoms with Crippen LogP contribution in [0.4, 0.5) is 0 Å². The van der Waals surface area contributed by atoms with Crippen molar-refractivity contribution in [2.45, 2.75) is 19.3 Å². The van der Waals surface area contributed by atoms with Gasteiger partial charge >= 0.3 is 5.97 Å². The highest BCUT2D eigenvalue weighted by molar-refractivity contribution is 5.87. The molecule has 5 nitrogen and oxygen atoms in total. The first-order valence-corrected chi connectivity index (χ1v) is 6.29. The maximum Gasteiger partial charge on any atom is 0.337 e. The number of nitrogens with zero attached hydrogens (tertiary/aromatic N) is 2. The summed E-state index contributed by atoms with van der Waals surface area (Å²) in [5, 5.41) is 8.82. The van der Waals surface area contributed by atoms with Crippen LogP contribution in [-0.4, -0.2) is 47.2 Å². The van der Waals surface area contributed by atoms with Gasteiger partial charge in [0.1, 0.15) is 5.75 Å². The third-order valence-corrected chi connectivity index (χ3v) is 3.05. The number of carbonyl (C=O) groups is 1. The molecule has 18 heavy (non-hydrogen) atoms. The number of likely N-dealkylation sites (tertiary alicyclic amines) is 1. The number of carboxylic acid groups (broad SMARTS) is 1. The lowest BCUT2D eigenvalue weighted by molar-refractivity contribution is 0.0696. The number of hydrogen-bond donors (Lipinski definition) is 1. The topological polar surface area (TPSA) is 62.7 Å². The molecule has 0 bridgehead atoms. The molecule has 1 saturated heterocycles. The molecule has 98 valence electrons. The minimum atomic E-state index is -0.981. The van der Waals surface area contributed by atoms with Crippen LogP contribution in [0.2, 0.25) is 0 Å². The van der Waals surface area contributed by atoms with Gasteiger partial charge in [-0.15, -0.1) is 0 Å². The molecular weight excluding hydrogens is 232 g/mol. The van der Waals surface area contributed by atoms with Gasteiger partial charge in [-0.25, -0.2) is 4.79 Å². The highest BCUT2D eigenvalue weighted by Crippen LogP contribution is 2.12. The molecule has 0 saturated carbocycles. The van der Waals surface area contributed by atoms with Gasteiger partial charge in [0.25, 0.3) is 0 Å². The molecule has 0 radical (unpaired) electrons. The van der Waals surface area contributed by atoms with E-state index in [1.54, 1.807) is 6.20 Å². The van der Waals surface area contributed by atoms with E-state index in [9.17, 15) is 4.79 Å². The monoisotopic (exact) mass is 250 g/mol. The number of hydrogen-bond acceptors (Lipinski definition) is 4. The summed E-state index contributed by atoms with van der Waals surface area (Å²) in [7, 11) is 0. The number of pyridine rings is 1. The van der Waals surface area contributed by atoms with Crippen molar-refractivity contribution in [2.24, 2.45) is 0 Å². The van der Waals surface area contributed by atoms with E-state index < -0.39 is 5.97 Å². The van der Waals surface area contributed by atoms with E-state index in [1.807, 2.05) is 0 Å². The maximum atomic E-state index is 10.8. The minimum absolute atomic E-state index is 0.159. The number of aromatic carboxylic acids is 1. The van der Waals surface area contributed by atoms with Gasteiger partial charge in [-0.2, -0.15) is 0 Å². The van der Waals surface area contributed by atoms with Gasteiger partial charge in [0.2, 0.25) is 0 Å². The van der Waals surface area contributed by atoms with E-state index in [0.29, 0.717) is 12.4 Å². The molecule has 0 unspecified atom stereocenters. The Hall–Kier alpha value is -1.62. The van der Waals surface area contributed by atoms with E-state index in [4.69, 9.17) is 9.84 Å². The third-order valence-electron chi connectivity index (χ3n) is 3.05. The summed E-state index contributed by atoms with van der Waals surface area (Å²) in [6.45, 7) is 4.03. The molecule has 0 aliphatic carbocycles. The summed E-state index contributed by atoms with van der Waals surface area (Å²) in [6.07, 6.45) is 6.41. The van der Waals surface area contributed by atoms with E-state index in [-0.39, 0.29) is 5.56 Å². The van der Waals surface area contributed by atoms with Crippen LogP contribution in [0.15, 0.2) is 18.5 Å². The zero-order chi connectivity index (χ0) is 12.8. The summed E-state index contributed by atoms with van der Waals surface area (Å²) in [6, 6.07) is 1.51. The zero-order valence-electron chi connectivity index (χ0n) is 10.3. The molecule has 0 atom stereocenters. The average molecular weight is 250 g/mol. The molecule has 1 aromatic rings. The molecule has 5 heteroatoms. The molecule has 0 aromatic carbocycles. The van der Waals surface area contributed by atoms with Crippen molar-refractivity contribution < 1.29 is 14.6 Å². The average Bonchev–Trinajstić information content (AvgIpc) is 2.88. The van der Waals surface area contributed by atoms with Crippen LogP contribution in [0.3, 0.4) is 0 Å². The second-order valence-electron chi connectivity index (χ2n) is 4.47. The Balaban J connectivity index is 1.72. The van der Waals surface area contributed by atoms with Crippen molar-refractivity contribution in [1.29, 1.82) is 0 Å². The summed E-state index contributed by atoms with van der Waals surface area (Å²) >= 11 is 0. The number of carboxylic acids is 1. The summed E-state index contributed by atoms with van der Waals surface area (Å²) in [5.74, 6) is -0.457. The lowest BCUT2D eigenvalue weighted by Crippen LogP contribution is -2.21. The Labute approximate surface area is 106 Å². The highest BCUT2D eigenvalue weighted by Gasteiger charge is 2.10. The molecular formula is C13H18N2O3. The van der Waals surface area contributed by atoms with E-state index in [1.165, 1.54) is 38.2 Å². The fraction of sp³-hybridized carbons (Fsp3) is 0.538. The molecule has 2 rings (SSSR count). The fourth-order valence-electron chi connectivity index (χ4n) is 2.10. The standard InChI is InChI=1S/C13H18N2O3/c16-13(17)11-8-12(10-14-9-11)18-7-3-6-15-4-1-2-5-15/h8-10H,1-7H2,(H,16,17). The molecule has 1 aliphatic rings. The molecule has 2 heterocycles. The predicted molar refractivity (Wildman–Crippen MR) is 67.0 cm³/mol. The van der Waals surface area contributed by atoms with Crippen molar-refractivity contribution in [3.8, 4) is 5.75 Å². The first-order chi connectivity index (χ1) is 8.75. The van der Waals surface area contributed by atoms with Gasteiger partial charge in [0.15, 0.2) is 0 Å². The van der Waals surface area contributed by atoms with Crippen LogP contribution >= 0.6 is 0 Å². The van der Waals surface area contributed by atoms with Gasteiger partial charge in [-0.3, -0.25) is 4.98 Å². The molecule has 1 fully saturated rings. The fourth-order valence-corrected chi connectivity index (χ4v) is 2.10. The van der Waals surface area contributed by atoms with Crippen molar-refractivity contribution in [3.63, 3.8) is 0 Å². The highest BCUT2D eigenvalue weighted by atomic mass is 16.5. The Morgan fingerprint density at radius 1 is 1.39 bits per heavy atom. The van der Waals surface area contributed by atoms with Crippen molar-refractivity contribution >= 4 is 5.97 Å². The summed E-state index contributed by atoms with van der Waals surface area (Å²) < 4.78 is 5.50. The van der Waals surface area contributed by atoms with Gasteiger partial charge in [-0.05, 0) is 38.4 Å². The summed E-state index contributed by atoms with van der Waals surface area (Å²) in [5.41, 5.74) is 0.159. The normalized spacial score (nSPS) is 15.8. The van der Waals surface area contributed by atoms with Crippen molar-refractivity contribution in [1.82, 2.24) is 9.88 Å². The van der Waals surface area contributed by atoms with Gasteiger partial charge in [-0.1, -0.05) is 0 Å². The van der Waals surface area contributed by atoms with Gasteiger partial charge in [0.05, 0.1) is 18.4 Å². The van der Waals surface area contributed by atoms with Crippen LogP contribution < -0.4 is 4.74 Å². The lowest BCUT2D eigenvalue weighted by atomic mass is 10.3. The number of rotatable bonds is 6. The number of ether oxygens (including phenoxy) is 1. The molecule has 1 aliphatic heterocycles. The second-order valence-corrected chi connectivity index (χ2v) is 4.47. The molecule has 1 aromatic heterocycles. The Morgan fingerprint density at radius 2 is 2.17 bits per heavy atom.